The zero-order valence-corrected chi connectivity index (χ0v) is 19.6. The van der Waals surface area contributed by atoms with Crippen LogP contribution in [0, 0.1) is 5.92 Å². The van der Waals surface area contributed by atoms with E-state index in [0.29, 0.717) is 17.7 Å². The van der Waals surface area contributed by atoms with Gasteiger partial charge in [-0.05, 0) is 26.7 Å². The molecule has 1 aliphatic rings. The van der Waals surface area contributed by atoms with Gasteiger partial charge in [-0.25, -0.2) is 13.1 Å². The minimum atomic E-state index is -3.24. The smallest absolute Gasteiger partial charge is 0.209 e. The Labute approximate surface area is 169 Å². The van der Waals surface area contributed by atoms with E-state index in [2.05, 4.69) is 33.8 Å². The van der Waals surface area contributed by atoms with Crippen molar-refractivity contribution in [1.29, 1.82) is 0 Å². The summed E-state index contributed by atoms with van der Waals surface area (Å²) in [5, 5.41) is 3.94. The Morgan fingerprint density at radius 2 is 2.04 bits per heavy atom. The first-order chi connectivity index (χ1) is 10.5. The van der Waals surface area contributed by atoms with Gasteiger partial charge in [-0.2, -0.15) is 11.8 Å². The van der Waals surface area contributed by atoms with E-state index in [4.69, 9.17) is 0 Å². The fraction of sp³-hybridized carbons (Fsp3) is 0.933. The SMILES string of the molecule is CCNC(=NCC(C)(C)NS(C)(=O)=O)N1CCSC(C(C)C)C1.I. The van der Waals surface area contributed by atoms with Crippen LogP contribution in [-0.4, -0.2) is 68.3 Å². The molecule has 0 saturated carbocycles. The standard InChI is InChI=1S/C15H32N4O2S2.HI/c1-7-16-14(17-11-15(4,5)18-23(6,20)21)19-8-9-22-13(10-19)12(2)3;/h12-13,18H,7-11H2,1-6H3,(H,16,17);1H. The Kier molecular flexibility index (Phi) is 10.5. The molecular formula is C15H33IN4O2S2. The van der Waals surface area contributed by atoms with Crippen LogP contribution in [0.3, 0.4) is 0 Å². The molecule has 0 amide bonds. The number of halogens is 1. The van der Waals surface area contributed by atoms with E-state index < -0.39 is 15.6 Å². The van der Waals surface area contributed by atoms with E-state index in [1.807, 2.05) is 32.5 Å². The Morgan fingerprint density at radius 3 is 2.54 bits per heavy atom. The third-order valence-corrected chi connectivity index (χ3v) is 6.02. The van der Waals surface area contributed by atoms with Crippen LogP contribution >= 0.6 is 35.7 Å². The molecule has 1 saturated heterocycles. The maximum absolute atomic E-state index is 11.4. The molecular weight excluding hydrogens is 459 g/mol. The lowest BCUT2D eigenvalue weighted by atomic mass is 10.1. The molecule has 0 aromatic carbocycles. The molecule has 1 fully saturated rings. The molecule has 1 heterocycles. The van der Waals surface area contributed by atoms with Crippen molar-refractivity contribution in [2.24, 2.45) is 10.9 Å². The largest absolute Gasteiger partial charge is 0.357 e. The fourth-order valence-corrected chi connectivity index (χ4v) is 4.87. The Morgan fingerprint density at radius 1 is 1.42 bits per heavy atom. The van der Waals surface area contributed by atoms with Gasteiger partial charge in [0.2, 0.25) is 10.0 Å². The first-order valence-corrected chi connectivity index (χ1v) is 11.1. The van der Waals surface area contributed by atoms with Crippen LogP contribution in [0.15, 0.2) is 4.99 Å². The number of thioether (sulfide) groups is 1. The molecule has 2 N–H and O–H groups in total. The summed E-state index contributed by atoms with van der Waals surface area (Å²) in [6.07, 6.45) is 1.18. The molecule has 6 nitrogen and oxygen atoms in total. The van der Waals surface area contributed by atoms with Crippen molar-refractivity contribution < 1.29 is 8.42 Å². The van der Waals surface area contributed by atoms with Crippen LogP contribution in [0.5, 0.6) is 0 Å². The van der Waals surface area contributed by atoms with E-state index in [9.17, 15) is 8.42 Å². The van der Waals surface area contributed by atoms with Gasteiger partial charge in [0.05, 0.1) is 12.8 Å². The third-order valence-electron chi connectivity index (χ3n) is 3.56. The van der Waals surface area contributed by atoms with Crippen molar-refractivity contribution in [1.82, 2.24) is 14.9 Å². The van der Waals surface area contributed by atoms with Crippen molar-refractivity contribution in [3.05, 3.63) is 0 Å². The van der Waals surface area contributed by atoms with Gasteiger partial charge in [-0.1, -0.05) is 13.8 Å². The Balaban J connectivity index is 0.00000529. The highest BCUT2D eigenvalue weighted by Crippen LogP contribution is 2.24. The minimum absolute atomic E-state index is 0. The zero-order chi connectivity index (χ0) is 17.7. The van der Waals surface area contributed by atoms with E-state index >= 15 is 0 Å². The molecule has 1 atom stereocenters. The van der Waals surface area contributed by atoms with Crippen LogP contribution in [0.2, 0.25) is 0 Å². The highest BCUT2D eigenvalue weighted by Gasteiger charge is 2.26. The average Bonchev–Trinajstić information content (AvgIpc) is 2.41. The van der Waals surface area contributed by atoms with Crippen LogP contribution in [0.4, 0.5) is 0 Å². The molecule has 1 aliphatic heterocycles. The molecule has 1 unspecified atom stereocenters. The minimum Gasteiger partial charge on any atom is -0.357 e. The van der Waals surface area contributed by atoms with E-state index in [0.717, 1.165) is 31.3 Å². The lowest BCUT2D eigenvalue weighted by Gasteiger charge is -2.36. The van der Waals surface area contributed by atoms with Gasteiger partial charge < -0.3 is 10.2 Å². The summed E-state index contributed by atoms with van der Waals surface area (Å²) in [6.45, 7) is 13.4. The summed E-state index contributed by atoms with van der Waals surface area (Å²) >= 11 is 2.03. The molecule has 9 heteroatoms. The van der Waals surface area contributed by atoms with Gasteiger partial charge in [-0.3, -0.25) is 4.99 Å². The molecule has 0 bridgehead atoms. The number of hydrogen-bond acceptors (Lipinski definition) is 4. The van der Waals surface area contributed by atoms with Crippen molar-refractivity contribution in [3.8, 4) is 0 Å². The Bertz CT molecular complexity index is 510. The number of sulfonamides is 1. The predicted molar refractivity (Wildman–Crippen MR) is 116 cm³/mol. The van der Waals surface area contributed by atoms with Crippen molar-refractivity contribution >= 4 is 51.7 Å². The number of guanidine groups is 1. The molecule has 144 valence electrons. The van der Waals surface area contributed by atoms with Gasteiger partial charge in [0.25, 0.3) is 0 Å². The second kappa shape index (κ2) is 10.4. The van der Waals surface area contributed by atoms with Crippen LogP contribution in [0.25, 0.3) is 0 Å². The quantitative estimate of drug-likeness (QED) is 0.337. The molecule has 0 aromatic heterocycles. The molecule has 0 radical (unpaired) electrons. The van der Waals surface area contributed by atoms with Crippen molar-refractivity contribution in [2.75, 3.05) is 38.2 Å². The van der Waals surface area contributed by atoms with Crippen LogP contribution < -0.4 is 10.0 Å². The van der Waals surface area contributed by atoms with Crippen LogP contribution in [-0.2, 0) is 10.0 Å². The highest BCUT2D eigenvalue weighted by atomic mass is 127. The average molecular weight is 492 g/mol. The van der Waals surface area contributed by atoms with Gasteiger partial charge >= 0.3 is 0 Å². The lowest BCUT2D eigenvalue weighted by Crippen LogP contribution is -2.50. The van der Waals surface area contributed by atoms with Gasteiger partial charge in [-0.15, -0.1) is 24.0 Å². The maximum atomic E-state index is 11.4. The number of aliphatic imine (C=N–C) groups is 1. The number of hydrogen-bond donors (Lipinski definition) is 2. The van der Waals surface area contributed by atoms with Gasteiger partial charge in [0, 0.05) is 36.2 Å². The summed E-state index contributed by atoms with van der Waals surface area (Å²) in [4.78, 5) is 6.97. The van der Waals surface area contributed by atoms with Gasteiger partial charge in [0.15, 0.2) is 5.96 Å². The zero-order valence-electron chi connectivity index (χ0n) is 15.6. The molecule has 0 spiro atoms. The van der Waals surface area contributed by atoms with Crippen molar-refractivity contribution in [2.45, 2.75) is 45.4 Å². The second-order valence-electron chi connectivity index (χ2n) is 7.03. The summed E-state index contributed by atoms with van der Waals surface area (Å²) < 4.78 is 25.5. The fourth-order valence-electron chi connectivity index (χ4n) is 2.50. The highest BCUT2D eigenvalue weighted by molar-refractivity contribution is 14.0. The summed E-state index contributed by atoms with van der Waals surface area (Å²) in [7, 11) is -3.24. The maximum Gasteiger partial charge on any atom is 0.209 e. The topological polar surface area (TPSA) is 73.8 Å². The normalized spacial score (nSPS) is 20.0. The predicted octanol–water partition coefficient (Wildman–Crippen LogP) is 1.97. The number of nitrogens with zero attached hydrogens (tertiary/aromatic N) is 2. The first kappa shape index (κ1) is 24.3. The molecule has 0 aliphatic carbocycles. The summed E-state index contributed by atoms with van der Waals surface area (Å²) in [5.41, 5.74) is -0.601. The Hall–Kier alpha value is 0.260. The third kappa shape index (κ3) is 9.10. The molecule has 24 heavy (non-hydrogen) atoms. The summed E-state index contributed by atoms with van der Waals surface area (Å²) in [6, 6.07) is 0. The van der Waals surface area contributed by atoms with E-state index in [-0.39, 0.29) is 24.0 Å². The molecule has 1 rings (SSSR count). The monoisotopic (exact) mass is 492 g/mol. The van der Waals surface area contributed by atoms with Crippen LogP contribution in [0.1, 0.15) is 34.6 Å². The number of rotatable bonds is 6. The first-order valence-electron chi connectivity index (χ1n) is 8.18. The molecule has 0 aromatic rings. The summed E-state index contributed by atoms with van der Waals surface area (Å²) in [5.74, 6) is 2.61. The van der Waals surface area contributed by atoms with E-state index in [1.165, 1.54) is 6.26 Å². The van der Waals surface area contributed by atoms with Crippen molar-refractivity contribution in [3.63, 3.8) is 0 Å². The lowest BCUT2D eigenvalue weighted by molar-refractivity contribution is 0.377. The van der Waals surface area contributed by atoms with E-state index in [1.54, 1.807) is 0 Å². The second-order valence-corrected chi connectivity index (χ2v) is 10.1. The van der Waals surface area contributed by atoms with Gasteiger partial charge in [0.1, 0.15) is 0 Å². The number of nitrogens with one attached hydrogen (secondary N) is 2.